The predicted molar refractivity (Wildman–Crippen MR) is 62.2 cm³/mol. The van der Waals surface area contributed by atoms with Crippen molar-refractivity contribution in [2.75, 3.05) is 11.1 Å². The molecule has 0 unspecified atom stereocenters. The maximum atomic E-state index is 9.67. The van der Waals surface area contributed by atoms with E-state index in [4.69, 9.17) is 5.73 Å². The first kappa shape index (κ1) is 9.40. The van der Waals surface area contributed by atoms with E-state index in [-0.39, 0.29) is 5.75 Å². The number of hydrogen-bond donors (Lipinski definition) is 3. The van der Waals surface area contributed by atoms with E-state index in [2.05, 4.69) is 5.32 Å². The molecule has 0 bridgehead atoms. The first-order valence-corrected chi connectivity index (χ1v) is 4.67. The molecule has 0 saturated carbocycles. The predicted octanol–water partition coefficient (Wildman–Crippen LogP) is 2.72. The molecule has 0 heterocycles. The number of rotatable bonds is 2. The van der Waals surface area contributed by atoms with Crippen LogP contribution in [-0.4, -0.2) is 5.11 Å². The summed E-state index contributed by atoms with van der Waals surface area (Å²) in [5.41, 5.74) is 7.48. The highest BCUT2D eigenvalue weighted by Gasteiger charge is 2.03. The van der Waals surface area contributed by atoms with Crippen molar-refractivity contribution in [3.8, 4) is 5.75 Å². The molecule has 76 valence electrons. The van der Waals surface area contributed by atoms with Crippen molar-refractivity contribution < 1.29 is 5.11 Å². The number of phenols is 1. The van der Waals surface area contributed by atoms with Gasteiger partial charge in [-0.15, -0.1) is 0 Å². The van der Waals surface area contributed by atoms with Crippen molar-refractivity contribution in [1.82, 2.24) is 0 Å². The summed E-state index contributed by atoms with van der Waals surface area (Å²) < 4.78 is 0. The number of nitrogens with two attached hydrogens (primary N) is 1. The molecule has 0 saturated heterocycles. The molecule has 0 fully saturated rings. The minimum Gasteiger partial charge on any atom is -0.504 e. The second-order valence-corrected chi connectivity index (χ2v) is 3.23. The summed E-state index contributed by atoms with van der Waals surface area (Å²) in [7, 11) is 0. The molecule has 0 amide bonds. The Morgan fingerprint density at radius 2 is 1.67 bits per heavy atom. The maximum Gasteiger partial charge on any atom is 0.162 e. The first-order chi connectivity index (χ1) is 7.27. The van der Waals surface area contributed by atoms with E-state index in [1.54, 1.807) is 18.2 Å². The van der Waals surface area contributed by atoms with Crippen LogP contribution in [0.15, 0.2) is 48.5 Å². The molecule has 0 aliphatic carbocycles. The summed E-state index contributed by atoms with van der Waals surface area (Å²) in [5.74, 6) is 0.0846. The largest absolute Gasteiger partial charge is 0.504 e. The van der Waals surface area contributed by atoms with Crippen molar-refractivity contribution in [2.45, 2.75) is 0 Å². The molecule has 3 nitrogen and oxygen atoms in total. The van der Waals surface area contributed by atoms with Gasteiger partial charge in [-0.3, -0.25) is 0 Å². The smallest absolute Gasteiger partial charge is 0.162 e. The Hall–Kier alpha value is -2.16. The van der Waals surface area contributed by atoms with Gasteiger partial charge in [0.25, 0.3) is 0 Å². The molecular weight excluding hydrogens is 188 g/mol. The van der Waals surface area contributed by atoms with Gasteiger partial charge < -0.3 is 16.2 Å². The Balaban J connectivity index is 2.29. The number of para-hydroxylation sites is 2. The number of nitrogen functional groups attached to an aromatic ring is 1. The SMILES string of the molecule is Nc1cccc(Nc2ccccc2)c1O. The van der Waals surface area contributed by atoms with E-state index in [1.807, 2.05) is 30.3 Å². The zero-order valence-corrected chi connectivity index (χ0v) is 8.14. The number of hydrogen-bond acceptors (Lipinski definition) is 3. The van der Waals surface area contributed by atoms with Gasteiger partial charge in [0, 0.05) is 5.69 Å². The minimum absolute atomic E-state index is 0.0846. The quantitative estimate of drug-likeness (QED) is 0.516. The lowest BCUT2D eigenvalue weighted by molar-refractivity contribution is 0.480. The Morgan fingerprint density at radius 1 is 0.933 bits per heavy atom. The molecule has 2 aromatic rings. The Labute approximate surface area is 88.2 Å². The molecule has 0 aliphatic rings. The molecule has 0 spiro atoms. The number of benzene rings is 2. The highest BCUT2D eigenvalue weighted by Crippen LogP contribution is 2.31. The highest BCUT2D eigenvalue weighted by molar-refractivity contribution is 5.73. The lowest BCUT2D eigenvalue weighted by atomic mass is 10.2. The van der Waals surface area contributed by atoms with Gasteiger partial charge in [-0.05, 0) is 24.3 Å². The molecule has 15 heavy (non-hydrogen) atoms. The fourth-order valence-electron chi connectivity index (χ4n) is 1.34. The molecule has 4 N–H and O–H groups in total. The van der Waals surface area contributed by atoms with Gasteiger partial charge in [-0.1, -0.05) is 24.3 Å². The van der Waals surface area contributed by atoms with E-state index in [9.17, 15) is 5.11 Å². The summed E-state index contributed by atoms with van der Waals surface area (Å²) in [4.78, 5) is 0. The molecule has 0 radical (unpaired) electrons. The molecule has 0 aromatic heterocycles. The Bertz CT molecular complexity index is 454. The average Bonchev–Trinajstić information content (AvgIpc) is 2.26. The van der Waals surface area contributed by atoms with Gasteiger partial charge >= 0.3 is 0 Å². The van der Waals surface area contributed by atoms with Crippen molar-refractivity contribution in [1.29, 1.82) is 0 Å². The summed E-state index contributed by atoms with van der Waals surface area (Å²) >= 11 is 0. The summed E-state index contributed by atoms with van der Waals surface area (Å²) in [6, 6.07) is 14.8. The molecule has 2 aromatic carbocycles. The zero-order chi connectivity index (χ0) is 10.7. The van der Waals surface area contributed by atoms with Crippen molar-refractivity contribution in [2.24, 2.45) is 0 Å². The number of anilines is 3. The van der Waals surface area contributed by atoms with Crippen LogP contribution in [0.1, 0.15) is 0 Å². The number of phenolic OH excluding ortho intramolecular Hbond substituents is 1. The molecule has 2 rings (SSSR count). The van der Waals surface area contributed by atoms with Gasteiger partial charge in [0.1, 0.15) is 0 Å². The van der Waals surface area contributed by atoms with Gasteiger partial charge in [0.2, 0.25) is 0 Å². The minimum atomic E-state index is 0.0846. The number of aromatic hydroxyl groups is 1. The van der Waals surface area contributed by atoms with Crippen LogP contribution in [0.5, 0.6) is 5.75 Å². The summed E-state index contributed by atoms with van der Waals surface area (Å²) in [6.45, 7) is 0. The van der Waals surface area contributed by atoms with Crippen molar-refractivity contribution >= 4 is 17.1 Å². The summed E-state index contributed by atoms with van der Waals surface area (Å²) in [5, 5.41) is 12.8. The van der Waals surface area contributed by atoms with Crippen LogP contribution in [0, 0.1) is 0 Å². The third-order valence-corrected chi connectivity index (χ3v) is 2.12. The average molecular weight is 200 g/mol. The Morgan fingerprint density at radius 3 is 2.40 bits per heavy atom. The van der Waals surface area contributed by atoms with Crippen LogP contribution in [0.4, 0.5) is 17.1 Å². The second-order valence-electron chi connectivity index (χ2n) is 3.23. The molecule has 0 atom stereocenters. The van der Waals surface area contributed by atoms with Gasteiger partial charge in [-0.2, -0.15) is 0 Å². The standard InChI is InChI=1S/C12H12N2O/c13-10-7-4-8-11(12(10)15)14-9-5-2-1-3-6-9/h1-8,14-15H,13H2. The third-order valence-electron chi connectivity index (χ3n) is 2.12. The van der Waals surface area contributed by atoms with Gasteiger partial charge in [-0.25, -0.2) is 0 Å². The number of nitrogens with one attached hydrogen (secondary N) is 1. The maximum absolute atomic E-state index is 9.67. The molecule has 0 aliphatic heterocycles. The zero-order valence-electron chi connectivity index (χ0n) is 8.14. The topological polar surface area (TPSA) is 58.3 Å². The summed E-state index contributed by atoms with van der Waals surface area (Å²) in [6.07, 6.45) is 0. The first-order valence-electron chi connectivity index (χ1n) is 4.67. The third kappa shape index (κ3) is 2.02. The van der Waals surface area contributed by atoms with E-state index in [0.717, 1.165) is 5.69 Å². The van der Waals surface area contributed by atoms with Crippen LogP contribution < -0.4 is 11.1 Å². The fourth-order valence-corrected chi connectivity index (χ4v) is 1.34. The Kier molecular flexibility index (Phi) is 2.46. The van der Waals surface area contributed by atoms with Crippen LogP contribution in [0.3, 0.4) is 0 Å². The van der Waals surface area contributed by atoms with E-state index in [0.29, 0.717) is 11.4 Å². The van der Waals surface area contributed by atoms with Crippen LogP contribution >= 0.6 is 0 Å². The second kappa shape index (κ2) is 3.92. The van der Waals surface area contributed by atoms with E-state index >= 15 is 0 Å². The fraction of sp³-hybridized carbons (Fsp3) is 0. The van der Waals surface area contributed by atoms with Crippen molar-refractivity contribution in [3.05, 3.63) is 48.5 Å². The normalized spacial score (nSPS) is 9.87. The van der Waals surface area contributed by atoms with Crippen LogP contribution in [0.2, 0.25) is 0 Å². The van der Waals surface area contributed by atoms with Crippen LogP contribution in [-0.2, 0) is 0 Å². The highest BCUT2D eigenvalue weighted by atomic mass is 16.3. The lowest BCUT2D eigenvalue weighted by Crippen LogP contribution is -1.93. The lowest BCUT2D eigenvalue weighted by Gasteiger charge is -2.09. The van der Waals surface area contributed by atoms with Gasteiger partial charge in [0.15, 0.2) is 5.75 Å². The monoisotopic (exact) mass is 200 g/mol. The molecule has 3 heteroatoms. The van der Waals surface area contributed by atoms with E-state index in [1.165, 1.54) is 0 Å². The van der Waals surface area contributed by atoms with Crippen molar-refractivity contribution in [3.63, 3.8) is 0 Å². The van der Waals surface area contributed by atoms with Crippen LogP contribution in [0.25, 0.3) is 0 Å². The van der Waals surface area contributed by atoms with E-state index < -0.39 is 0 Å². The van der Waals surface area contributed by atoms with Gasteiger partial charge in [0.05, 0.1) is 11.4 Å². The molecular formula is C12H12N2O.